The number of benzene rings is 1. The maximum atomic E-state index is 13.3. The number of amides is 3. The lowest BCUT2D eigenvalue weighted by atomic mass is 9.64. The molecule has 0 bridgehead atoms. The molecule has 4 rings (SSSR count). The number of urea groups is 1. The maximum Gasteiger partial charge on any atom is 0.326 e. The van der Waals surface area contributed by atoms with Gasteiger partial charge in [0.05, 0.1) is 19.4 Å². The van der Waals surface area contributed by atoms with Crippen molar-refractivity contribution >= 4 is 11.9 Å². The van der Waals surface area contributed by atoms with E-state index in [1.54, 1.807) is 0 Å². The number of carbonyl (C=O) groups is 2. The molecule has 0 radical (unpaired) electrons. The lowest BCUT2D eigenvalue weighted by Crippen LogP contribution is -2.54. The van der Waals surface area contributed by atoms with Crippen molar-refractivity contribution in [3.8, 4) is 0 Å². The molecular formula is C24H33N5O2. The fourth-order valence-electron chi connectivity index (χ4n) is 5.58. The van der Waals surface area contributed by atoms with Crippen molar-refractivity contribution in [2.75, 3.05) is 13.7 Å². The molecule has 166 valence electrons. The minimum absolute atomic E-state index is 0.0376. The van der Waals surface area contributed by atoms with Crippen LogP contribution in [0.3, 0.4) is 0 Å². The molecular weight excluding hydrogens is 390 g/mol. The van der Waals surface area contributed by atoms with Crippen LogP contribution in [0.4, 0.5) is 4.79 Å². The van der Waals surface area contributed by atoms with E-state index >= 15 is 0 Å². The number of nitrogens with zero attached hydrogens (tertiary/aromatic N) is 4. The van der Waals surface area contributed by atoms with Crippen molar-refractivity contribution in [3.63, 3.8) is 0 Å². The van der Waals surface area contributed by atoms with Crippen LogP contribution in [0.2, 0.25) is 0 Å². The number of aromatic nitrogens is 2. The second kappa shape index (κ2) is 8.11. The Labute approximate surface area is 184 Å². The highest BCUT2D eigenvalue weighted by molar-refractivity contribution is 6.07. The Bertz CT molecular complexity index is 954. The Morgan fingerprint density at radius 3 is 2.61 bits per heavy atom. The third kappa shape index (κ3) is 4.66. The minimum Gasteiger partial charge on any atom is -0.323 e. The highest BCUT2D eigenvalue weighted by Gasteiger charge is 2.56. The zero-order valence-electron chi connectivity index (χ0n) is 19.0. The number of rotatable bonds is 6. The average molecular weight is 424 g/mol. The molecule has 31 heavy (non-hydrogen) atoms. The molecule has 1 aromatic heterocycles. The van der Waals surface area contributed by atoms with Gasteiger partial charge < -0.3 is 5.32 Å². The molecule has 2 heterocycles. The van der Waals surface area contributed by atoms with Crippen LogP contribution < -0.4 is 5.32 Å². The highest BCUT2D eigenvalue weighted by Crippen LogP contribution is 2.46. The third-order valence-electron chi connectivity index (χ3n) is 6.33. The zero-order valence-corrected chi connectivity index (χ0v) is 19.0. The van der Waals surface area contributed by atoms with Crippen molar-refractivity contribution in [1.82, 2.24) is 24.9 Å². The Kier molecular flexibility index (Phi) is 5.64. The van der Waals surface area contributed by atoms with Gasteiger partial charge in [-0.25, -0.2) is 9.69 Å². The first-order valence-electron chi connectivity index (χ1n) is 11.0. The molecule has 1 saturated heterocycles. The van der Waals surface area contributed by atoms with E-state index < -0.39 is 5.54 Å². The minimum atomic E-state index is -0.750. The van der Waals surface area contributed by atoms with Crippen molar-refractivity contribution in [2.45, 2.75) is 58.7 Å². The van der Waals surface area contributed by atoms with Gasteiger partial charge in [0.15, 0.2) is 0 Å². The predicted molar refractivity (Wildman–Crippen MR) is 119 cm³/mol. The first-order chi connectivity index (χ1) is 14.7. The van der Waals surface area contributed by atoms with Gasteiger partial charge in [0.25, 0.3) is 5.91 Å². The first kappa shape index (κ1) is 21.6. The standard InChI is InChI=1S/C24H33N5O2/c1-18-10-23(2,3)16-24(11-18)21(30)29(22(31)26-24)17-27(4)13-20-12-25-28(15-20)14-19-8-6-5-7-9-19/h5-9,12,15,18H,10-11,13-14,16-17H2,1-4H3,(H,26,31)/t18-,24-/m0/s1. The van der Waals surface area contributed by atoms with E-state index in [9.17, 15) is 9.59 Å². The summed E-state index contributed by atoms with van der Waals surface area (Å²) in [7, 11) is 1.92. The zero-order chi connectivity index (χ0) is 22.2. The summed E-state index contributed by atoms with van der Waals surface area (Å²) >= 11 is 0. The second-order valence-corrected chi connectivity index (χ2v) is 10.3. The summed E-state index contributed by atoms with van der Waals surface area (Å²) in [4.78, 5) is 29.4. The lowest BCUT2D eigenvalue weighted by molar-refractivity contribution is -0.136. The summed E-state index contributed by atoms with van der Waals surface area (Å²) < 4.78 is 1.91. The highest BCUT2D eigenvalue weighted by atomic mass is 16.2. The second-order valence-electron chi connectivity index (χ2n) is 10.3. The van der Waals surface area contributed by atoms with E-state index in [0.717, 1.165) is 12.0 Å². The third-order valence-corrected chi connectivity index (χ3v) is 6.33. The van der Waals surface area contributed by atoms with Crippen LogP contribution in [-0.4, -0.2) is 50.8 Å². The number of nitrogens with one attached hydrogen (secondary N) is 1. The molecule has 7 nitrogen and oxygen atoms in total. The van der Waals surface area contributed by atoms with Crippen LogP contribution in [0.15, 0.2) is 42.7 Å². The molecule has 1 N–H and O–H groups in total. The summed E-state index contributed by atoms with van der Waals surface area (Å²) in [6.45, 7) is 8.14. The maximum absolute atomic E-state index is 13.3. The fraction of sp³-hybridized carbons (Fsp3) is 0.542. The molecule has 1 aromatic carbocycles. The fourth-order valence-corrected chi connectivity index (χ4v) is 5.58. The number of carbonyl (C=O) groups excluding carboxylic acids is 2. The molecule has 0 unspecified atom stereocenters. The summed E-state index contributed by atoms with van der Waals surface area (Å²) in [5.41, 5.74) is 1.53. The van der Waals surface area contributed by atoms with Crippen molar-refractivity contribution in [2.24, 2.45) is 11.3 Å². The quantitative estimate of drug-likeness (QED) is 0.723. The smallest absolute Gasteiger partial charge is 0.323 e. The van der Waals surface area contributed by atoms with E-state index in [2.05, 4.69) is 43.3 Å². The van der Waals surface area contributed by atoms with Crippen LogP contribution >= 0.6 is 0 Å². The topological polar surface area (TPSA) is 70.5 Å². The Morgan fingerprint density at radius 1 is 1.16 bits per heavy atom. The summed E-state index contributed by atoms with van der Waals surface area (Å²) in [5, 5.41) is 7.50. The molecule has 1 spiro atoms. The van der Waals surface area contributed by atoms with Crippen molar-refractivity contribution < 1.29 is 9.59 Å². The monoisotopic (exact) mass is 423 g/mol. The van der Waals surface area contributed by atoms with E-state index in [1.165, 1.54) is 10.5 Å². The van der Waals surface area contributed by atoms with Gasteiger partial charge in [0.1, 0.15) is 5.54 Å². The Hall–Kier alpha value is -2.67. The lowest BCUT2D eigenvalue weighted by Gasteiger charge is -2.43. The largest absolute Gasteiger partial charge is 0.326 e. The summed E-state index contributed by atoms with van der Waals surface area (Å²) in [6.07, 6.45) is 6.35. The van der Waals surface area contributed by atoms with Gasteiger partial charge >= 0.3 is 6.03 Å². The van der Waals surface area contributed by atoms with Crippen molar-refractivity contribution in [3.05, 3.63) is 53.9 Å². The van der Waals surface area contributed by atoms with Crippen LogP contribution in [-0.2, 0) is 17.9 Å². The van der Waals surface area contributed by atoms with Gasteiger partial charge in [0.2, 0.25) is 0 Å². The number of hydrogen-bond donors (Lipinski definition) is 1. The van der Waals surface area contributed by atoms with E-state index in [-0.39, 0.29) is 24.0 Å². The van der Waals surface area contributed by atoms with Crippen LogP contribution in [0.25, 0.3) is 0 Å². The molecule has 2 fully saturated rings. The Morgan fingerprint density at radius 2 is 1.90 bits per heavy atom. The average Bonchev–Trinajstić information content (AvgIpc) is 3.18. The van der Waals surface area contributed by atoms with Gasteiger partial charge in [-0.1, -0.05) is 51.1 Å². The molecule has 2 aromatic rings. The van der Waals surface area contributed by atoms with E-state index in [4.69, 9.17) is 0 Å². The van der Waals surface area contributed by atoms with Crippen molar-refractivity contribution in [1.29, 1.82) is 0 Å². The van der Waals surface area contributed by atoms with Crippen LogP contribution in [0.5, 0.6) is 0 Å². The van der Waals surface area contributed by atoms with Crippen LogP contribution in [0.1, 0.15) is 51.2 Å². The molecule has 1 aliphatic heterocycles. The van der Waals surface area contributed by atoms with Gasteiger partial charge in [-0.3, -0.25) is 14.4 Å². The Balaban J connectivity index is 1.38. The molecule has 1 aliphatic carbocycles. The van der Waals surface area contributed by atoms with Gasteiger partial charge in [0, 0.05) is 18.3 Å². The number of imide groups is 1. The summed E-state index contributed by atoms with van der Waals surface area (Å²) in [5.74, 6) is 0.324. The summed E-state index contributed by atoms with van der Waals surface area (Å²) in [6, 6.07) is 9.92. The molecule has 1 saturated carbocycles. The SMILES string of the molecule is C[C@H]1CC(C)(C)C[C@]2(C1)NC(=O)N(CN(C)Cc1cnn(Cc3ccccc3)c1)C2=O. The van der Waals surface area contributed by atoms with Gasteiger partial charge in [-0.2, -0.15) is 5.10 Å². The van der Waals surface area contributed by atoms with E-state index in [0.29, 0.717) is 31.8 Å². The first-order valence-corrected chi connectivity index (χ1v) is 11.0. The molecule has 3 amide bonds. The van der Waals surface area contributed by atoms with Gasteiger partial charge in [-0.15, -0.1) is 0 Å². The van der Waals surface area contributed by atoms with E-state index in [1.807, 2.05) is 47.2 Å². The van der Waals surface area contributed by atoms with Gasteiger partial charge in [-0.05, 0) is 43.2 Å². The normalized spacial score (nSPS) is 25.5. The predicted octanol–water partition coefficient (Wildman–Crippen LogP) is 3.46. The molecule has 7 heteroatoms. The van der Waals surface area contributed by atoms with Crippen LogP contribution in [0, 0.1) is 11.3 Å². The molecule has 2 aliphatic rings. The number of hydrogen-bond acceptors (Lipinski definition) is 4. The molecule has 2 atom stereocenters.